The van der Waals surface area contributed by atoms with Gasteiger partial charge in [0.25, 0.3) is 0 Å². The number of sulfonamides is 1. The predicted octanol–water partition coefficient (Wildman–Crippen LogP) is 2.72. The van der Waals surface area contributed by atoms with Crippen LogP contribution in [0.15, 0.2) is 89.8 Å². The summed E-state index contributed by atoms with van der Waals surface area (Å²) in [5, 5.41) is 3.26. The highest BCUT2D eigenvalue weighted by atomic mass is 32.2. The van der Waals surface area contributed by atoms with Gasteiger partial charge in [-0.15, -0.1) is 0 Å². The second-order valence-electron chi connectivity index (χ2n) is 10.5. The van der Waals surface area contributed by atoms with E-state index in [9.17, 15) is 22.8 Å². The van der Waals surface area contributed by atoms with Crippen LogP contribution in [-0.4, -0.2) is 74.2 Å². The number of nitrogens with zero attached hydrogens (tertiary/aromatic N) is 2. The molecule has 0 radical (unpaired) electrons. The smallest absolute Gasteiger partial charge is 0.327 e. The Morgan fingerprint density at radius 3 is 2.10 bits per heavy atom. The zero-order chi connectivity index (χ0) is 29.4. The maximum atomic E-state index is 13.8. The van der Waals surface area contributed by atoms with Crippen molar-refractivity contribution >= 4 is 27.8 Å². The summed E-state index contributed by atoms with van der Waals surface area (Å²) in [4.78, 5) is 41.3. The number of fused-ring (bicyclic) bond motifs is 1. The molecule has 10 heteroatoms. The highest BCUT2D eigenvalue weighted by Crippen LogP contribution is 2.45. The van der Waals surface area contributed by atoms with Crippen LogP contribution in [0.4, 0.5) is 0 Å². The summed E-state index contributed by atoms with van der Waals surface area (Å²) in [6, 6.07) is 24.7. The summed E-state index contributed by atoms with van der Waals surface area (Å²) in [6.45, 7) is 1.73. The molecule has 0 spiro atoms. The fraction of sp³-hybridized carbons (Fsp3) is 0.323. The number of benzene rings is 3. The van der Waals surface area contributed by atoms with Crippen molar-refractivity contribution in [2.24, 2.45) is 11.8 Å². The van der Waals surface area contributed by atoms with Gasteiger partial charge in [0, 0.05) is 32.6 Å². The van der Waals surface area contributed by atoms with Crippen LogP contribution < -0.4 is 5.32 Å². The van der Waals surface area contributed by atoms with Gasteiger partial charge in [0.2, 0.25) is 21.8 Å². The standard InChI is InChI=1S/C31H33N3O6S/c1-4-34(41(38,39)24-17-15-23(16-18-24)22-13-9-6-10-14-22)20-25-26-27(29(36)33(2)28(26)35)31(32-25,30(37)40-3)19-21-11-7-5-8-12-21/h5-18,25-27,32H,4,19-20H2,1-3H3/t25-,26+,27-,31-/m1/s1. The van der Waals surface area contributed by atoms with Crippen LogP contribution in [0.25, 0.3) is 11.1 Å². The first kappa shape index (κ1) is 28.7. The minimum atomic E-state index is -3.97. The van der Waals surface area contributed by atoms with Crippen molar-refractivity contribution in [2.45, 2.75) is 29.8 Å². The topological polar surface area (TPSA) is 113 Å². The molecule has 9 nitrogen and oxygen atoms in total. The number of likely N-dealkylation sites (tertiary alicyclic amines) is 1. The molecule has 0 aromatic heterocycles. The van der Waals surface area contributed by atoms with Gasteiger partial charge < -0.3 is 4.74 Å². The average molecular weight is 576 g/mol. The van der Waals surface area contributed by atoms with E-state index in [1.807, 2.05) is 60.7 Å². The van der Waals surface area contributed by atoms with Gasteiger partial charge in [-0.05, 0) is 28.8 Å². The molecule has 41 heavy (non-hydrogen) atoms. The molecule has 214 valence electrons. The zero-order valence-electron chi connectivity index (χ0n) is 23.2. The number of hydrogen-bond donors (Lipinski definition) is 1. The number of hydrogen-bond acceptors (Lipinski definition) is 7. The van der Waals surface area contributed by atoms with Crippen LogP contribution in [0.5, 0.6) is 0 Å². The lowest BCUT2D eigenvalue weighted by Gasteiger charge is -2.33. The van der Waals surface area contributed by atoms with E-state index in [4.69, 9.17) is 4.74 Å². The van der Waals surface area contributed by atoms with E-state index >= 15 is 0 Å². The normalized spacial score (nSPS) is 24.1. The van der Waals surface area contributed by atoms with Gasteiger partial charge >= 0.3 is 5.97 Å². The molecule has 0 bridgehead atoms. The molecule has 2 heterocycles. The highest BCUT2D eigenvalue weighted by Gasteiger charge is 2.68. The number of ether oxygens (including phenoxy) is 1. The van der Waals surface area contributed by atoms with Crippen molar-refractivity contribution in [2.75, 3.05) is 27.2 Å². The molecule has 2 amide bonds. The van der Waals surface area contributed by atoms with E-state index in [2.05, 4.69) is 5.32 Å². The van der Waals surface area contributed by atoms with Crippen molar-refractivity contribution in [1.82, 2.24) is 14.5 Å². The Morgan fingerprint density at radius 2 is 1.51 bits per heavy atom. The maximum absolute atomic E-state index is 13.8. The molecule has 2 fully saturated rings. The van der Waals surface area contributed by atoms with Crippen LogP contribution in [0.2, 0.25) is 0 Å². The summed E-state index contributed by atoms with van der Waals surface area (Å²) in [6.07, 6.45) is 0.102. The van der Waals surface area contributed by atoms with Gasteiger partial charge in [-0.2, -0.15) is 4.31 Å². The quantitative estimate of drug-likeness (QED) is 0.308. The van der Waals surface area contributed by atoms with Crippen LogP contribution in [-0.2, 0) is 35.6 Å². The Hall–Kier alpha value is -3.86. The van der Waals surface area contributed by atoms with Gasteiger partial charge in [-0.3, -0.25) is 24.6 Å². The molecule has 3 aromatic rings. The second-order valence-corrected chi connectivity index (χ2v) is 12.4. The SMILES string of the molecule is CCN(C[C@H]1N[C@@](Cc2ccccc2)(C(=O)OC)[C@H]2C(=O)N(C)C(=O)[C@@H]12)S(=O)(=O)c1ccc(-c2ccccc2)cc1. The molecule has 0 saturated carbocycles. The van der Waals surface area contributed by atoms with E-state index in [1.165, 1.54) is 18.5 Å². The molecule has 2 aliphatic rings. The molecule has 2 saturated heterocycles. The molecule has 0 unspecified atom stereocenters. The second kappa shape index (κ2) is 11.2. The number of esters is 1. The van der Waals surface area contributed by atoms with Crippen LogP contribution in [0.1, 0.15) is 12.5 Å². The van der Waals surface area contributed by atoms with E-state index < -0.39 is 51.2 Å². The Kier molecular flexibility index (Phi) is 7.83. The van der Waals surface area contributed by atoms with E-state index in [1.54, 1.807) is 31.2 Å². The number of carbonyl (C=O) groups excluding carboxylic acids is 3. The zero-order valence-corrected chi connectivity index (χ0v) is 24.0. The number of rotatable bonds is 9. The lowest BCUT2D eigenvalue weighted by molar-refractivity contribution is -0.153. The Bertz CT molecular complexity index is 1550. The van der Waals surface area contributed by atoms with Crippen LogP contribution in [0.3, 0.4) is 0 Å². The van der Waals surface area contributed by atoms with Gasteiger partial charge in [0.1, 0.15) is 5.54 Å². The largest absolute Gasteiger partial charge is 0.468 e. The average Bonchev–Trinajstić information content (AvgIpc) is 3.44. The molecular formula is C31H33N3O6S. The van der Waals surface area contributed by atoms with Crippen LogP contribution >= 0.6 is 0 Å². The van der Waals surface area contributed by atoms with Crippen molar-refractivity contribution < 1.29 is 27.5 Å². The van der Waals surface area contributed by atoms with Crippen molar-refractivity contribution in [1.29, 1.82) is 0 Å². The first-order valence-corrected chi connectivity index (χ1v) is 14.9. The first-order valence-electron chi connectivity index (χ1n) is 13.5. The molecule has 4 atom stereocenters. The molecule has 0 aliphatic carbocycles. The summed E-state index contributed by atoms with van der Waals surface area (Å²) >= 11 is 0. The molecule has 5 rings (SSSR count). The summed E-state index contributed by atoms with van der Waals surface area (Å²) in [5.74, 6) is -3.57. The third kappa shape index (κ3) is 4.96. The summed E-state index contributed by atoms with van der Waals surface area (Å²) in [7, 11) is -1.33. The Morgan fingerprint density at radius 1 is 0.927 bits per heavy atom. The molecule has 2 aliphatic heterocycles. The van der Waals surface area contributed by atoms with Gasteiger partial charge in [0.05, 0.1) is 23.8 Å². The number of likely N-dealkylation sites (N-methyl/N-ethyl adjacent to an activating group) is 1. The lowest BCUT2D eigenvalue weighted by Crippen LogP contribution is -2.59. The van der Waals surface area contributed by atoms with E-state index in [0.29, 0.717) is 0 Å². The minimum Gasteiger partial charge on any atom is -0.468 e. The molecule has 3 aromatic carbocycles. The molecule has 1 N–H and O–H groups in total. The number of carbonyl (C=O) groups is 3. The van der Waals surface area contributed by atoms with E-state index in [0.717, 1.165) is 21.6 Å². The highest BCUT2D eigenvalue weighted by molar-refractivity contribution is 7.89. The fourth-order valence-electron chi connectivity index (χ4n) is 6.16. The number of imide groups is 1. The van der Waals surface area contributed by atoms with Crippen molar-refractivity contribution in [3.05, 3.63) is 90.5 Å². The van der Waals surface area contributed by atoms with Crippen molar-refractivity contribution in [3.8, 4) is 11.1 Å². The number of nitrogens with one attached hydrogen (secondary N) is 1. The summed E-state index contributed by atoms with van der Waals surface area (Å²) < 4.78 is 34.0. The minimum absolute atomic E-state index is 0.102. The summed E-state index contributed by atoms with van der Waals surface area (Å²) in [5.41, 5.74) is 1.09. The lowest BCUT2D eigenvalue weighted by atomic mass is 9.76. The Labute approximate surface area is 240 Å². The van der Waals surface area contributed by atoms with Gasteiger partial charge in [-0.25, -0.2) is 8.42 Å². The fourth-order valence-corrected chi connectivity index (χ4v) is 7.64. The third-order valence-corrected chi connectivity index (χ3v) is 10.2. The predicted molar refractivity (Wildman–Crippen MR) is 153 cm³/mol. The third-order valence-electron chi connectivity index (χ3n) is 8.21. The first-order chi connectivity index (χ1) is 19.6. The maximum Gasteiger partial charge on any atom is 0.327 e. The van der Waals surface area contributed by atoms with Crippen LogP contribution in [0, 0.1) is 11.8 Å². The van der Waals surface area contributed by atoms with Crippen molar-refractivity contribution in [3.63, 3.8) is 0 Å². The molecular weight excluding hydrogens is 542 g/mol. The van der Waals surface area contributed by atoms with Gasteiger partial charge in [-0.1, -0.05) is 79.7 Å². The monoisotopic (exact) mass is 575 g/mol. The van der Waals surface area contributed by atoms with Gasteiger partial charge in [0.15, 0.2) is 0 Å². The number of methoxy groups -OCH3 is 1. The Balaban J connectivity index is 1.48. The van der Waals surface area contributed by atoms with E-state index in [-0.39, 0.29) is 24.4 Å². The number of amides is 2.